The maximum Gasteiger partial charge on any atom is 0.220 e. The van der Waals surface area contributed by atoms with Crippen molar-refractivity contribution in [2.75, 3.05) is 39.4 Å². The number of morpholine rings is 1. The van der Waals surface area contributed by atoms with Gasteiger partial charge in [-0.1, -0.05) is 60.2 Å². The number of aryl methyl sites for hydroxylation is 1. The van der Waals surface area contributed by atoms with Gasteiger partial charge in [0, 0.05) is 55.6 Å². The van der Waals surface area contributed by atoms with Gasteiger partial charge in [0.25, 0.3) is 0 Å². The quantitative estimate of drug-likeness (QED) is 0.285. The van der Waals surface area contributed by atoms with E-state index in [-0.39, 0.29) is 17.6 Å². The van der Waals surface area contributed by atoms with E-state index in [2.05, 4.69) is 64.3 Å². The lowest BCUT2D eigenvalue weighted by Crippen LogP contribution is -2.38. The first-order valence-corrected chi connectivity index (χ1v) is 13.5. The van der Waals surface area contributed by atoms with Crippen LogP contribution in [-0.4, -0.2) is 54.8 Å². The van der Waals surface area contributed by atoms with Crippen molar-refractivity contribution in [2.24, 2.45) is 0 Å². The molecule has 0 unspecified atom stereocenters. The molecule has 1 aromatic heterocycles. The standard InChI is InChI=1S/C32H36FN3O2/c1-24-6-4-7-26(20-24)29(21-32(37)34-14-5-15-35-16-18-38-19-17-35)30-23-36(31-9-3-2-8-28(30)31)22-25-10-12-27(33)13-11-25/h2-4,6-13,20,23,29H,5,14-19,21-22H2,1H3,(H,34,37)/t29-/m0/s1. The molecule has 1 aliphatic heterocycles. The Hall–Kier alpha value is -3.48. The molecule has 5 rings (SSSR count). The molecule has 3 aromatic carbocycles. The number of ether oxygens (including phenoxy) is 1. The van der Waals surface area contributed by atoms with E-state index >= 15 is 0 Å². The molecule has 5 nitrogen and oxygen atoms in total. The molecule has 0 bridgehead atoms. The summed E-state index contributed by atoms with van der Waals surface area (Å²) in [6.07, 6.45) is 3.48. The van der Waals surface area contributed by atoms with Crippen LogP contribution in [0, 0.1) is 12.7 Å². The van der Waals surface area contributed by atoms with Gasteiger partial charge >= 0.3 is 0 Å². The summed E-state index contributed by atoms with van der Waals surface area (Å²) in [6.45, 7) is 7.87. The number of para-hydroxylation sites is 1. The number of halogens is 1. The fourth-order valence-corrected chi connectivity index (χ4v) is 5.38. The van der Waals surface area contributed by atoms with Gasteiger partial charge in [-0.15, -0.1) is 0 Å². The molecular weight excluding hydrogens is 477 g/mol. The van der Waals surface area contributed by atoms with E-state index in [1.54, 1.807) is 0 Å². The maximum atomic E-state index is 13.5. The zero-order valence-electron chi connectivity index (χ0n) is 22.0. The van der Waals surface area contributed by atoms with Crippen molar-refractivity contribution in [1.29, 1.82) is 0 Å². The molecule has 0 saturated carbocycles. The third kappa shape index (κ3) is 6.50. The SMILES string of the molecule is Cc1cccc([C@H](CC(=O)NCCCN2CCOCC2)c2cn(Cc3ccc(F)cc3)c3ccccc23)c1. The highest BCUT2D eigenvalue weighted by molar-refractivity contribution is 5.86. The van der Waals surface area contributed by atoms with Crippen molar-refractivity contribution in [3.63, 3.8) is 0 Å². The number of nitrogens with zero attached hydrogens (tertiary/aromatic N) is 2. The lowest BCUT2D eigenvalue weighted by molar-refractivity contribution is -0.121. The van der Waals surface area contributed by atoms with Gasteiger partial charge in [-0.2, -0.15) is 0 Å². The van der Waals surface area contributed by atoms with Crippen LogP contribution in [0.15, 0.2) is 79.0 Å². The van der Waals surface area contributed by atoms with Crippen molar-refractivity contribution < 1.29 is 13.9 Å². The van der Waals surface area contributed by atoms with Crippen molar-refractivity contribution in [2.45, 2.75) is 32.2 Å². The molecule has 1 N–H and O–H groups in total. The van der Waals surface area contributed by atoms with Crippen LogP contribution in [0.2, 0.25) is 0 Å². The third-order valence-electron chi connectivity index (χ3n) is 7.37. The summed E-state index contributed by atoms with van der Waals surface area (Å²) < 4.78 is 21.1. The summed E-state index contributed by atoms with van der Waals surface area (Å²) in [7, 11) is 0. The number of nitrogens with one attached hydrogen (secondary N) is 1. The number of fused-ring (bicyclic) bond motifs is 1. The third-order valence-corrected chi connectivity index (χ3v) is 7.37. The van der Waals surface area contributed by atoms with Crippen LogP contribution in [0.1, 0.15) is 41.0 Å². The Labute approximate surface area is 224 Å². The van der Waals surface area contributed by atoms with Crippen LogP contribution in [0.3, 0.4) is 0 Å². The van der Waals surface area contributed by atoms with Crippen LogP contribution in [-0.2, 0) is 16.1 Å². The molecule has 1 fully saturated rings. The molecular formula is C32H36FN3O2. The highest BCUT2D eigenvalue weighted by atomic mass is 19.1. The van der Waals surface area contributed by atoms with Gasteiger partial charge in [0.2, 0.25) is 5.91 Å². The van der Waals surface area contributed by atoms with Crippen LogP contribution in [0.5, 0.6) is 0 Å². The van der Waals surface area contributed by atoms with Crippen LogP contribution in [0.4, 0.5) is 4.39 Å². The Bertz CT molecular complexity index is 1360. The average molecular weight is 514 g/mol. The minimum Gasteiger partial charge on any atom is -0.379 e. The Kier molecular flexibility index (Phi) is 8.51. The maximum absolute atomic E-state index is 13.5. The second kappa shape index (κ2) is 12.4. The Balaban J connectivity index is 1.37. The molecule has 2 heterocycles. The molecule has 0 radical (unpaired) electrons. The van der Waals surface area contributed by atoms with Crippen LogP contribution < -0.4 is 5.32 Å². The van der Waals surface area contributed by atoms with E-state index in [1.165, 1.54) is 17.7 Å². The summed E-state index contributed by atoms with van der Waals surface area (Å²) in [4.78, 5) is 15.6. The minimum absolute atomic E-state index is 0.0637. The fraction of sp³-hybridized carbons (Fsp3) is 0.344. The predicted molar refractivity (Wildman–Crippen MR) is 150 cm³/mol. The first-order chi connectivity index (χ1) is 18.6. The van der Waals surface area contributed by atoms with Crippen LogP contribution >= 0.6 is 0 Å². The summed E-state index contributed by atoms with van der Waals surface area (Å²) in [6, 6.07) is 23.4. The first kappa shape index (κ1) is 26.1. The van der Waals surface area contributed by atoms with E-state index < -0.39 is 0 Å². The second-order valence-electron chi connectivity index (χ2n) is 10.2. The number of amides is 1. The summed E-state index contributed by atoms with van der Waals surface area (Å²) >= 11 is 0. The van der Waals surface area contributed by atoms with Gasteiger partial charge in [0.1, 0.15) is 5.82 Å². The van der Waals surface area contributed by atoms with Gasteiger partial charge in [-0.25, -0.2) is 4.39 Å². The van der Waals surface area contributed by atoms with E-state index in [0.29, 0.717) is 19.5 Å². The number of hydrogen-bond acceptors (Lipinski definition) is 3. The smallest absolute Gasteiger partial charge is 0.220 e. The van der Waals surface area contributed by atoms with Gasteiger partial charge in [-0.05, 0) is 54.8 Å². The fourth-order valence-electron chi connectivity index (χ4n) is 5.38. The van der Waals surface area contributed by atoms with Gasteiger partial charge in [0.05, 0.1) is 13.2 Å². The molecule has 6 heteroatoms. The lowest BCUT2D eigenvalue weighted by atomic mass is 9.87. The predicted octanol–water partition coefficient (Wildman–Crippen LogP) is 5.50. The van der Waals surface area contributed by atoms with Gasteiger partial charge < -0.3 is 14.6 Å². The molecule has 1 saturated heterocycles. The number of carbonyl (C=O) groups is 1. The first-order valence-electron chi connectivity index (χ1n) is 13.5. The monoisotopic (exact) mass is 513 g/mol. The Morgan fingerprint density at radius 1 is 1.03 bits per heavy atom. The van der Waals surface area contributed by atoms with Crippen molar-refractivity contribution >= 4 is 16.8 Å². The lowest BCUT2D eigenvalue weighted by Gasteiger charge is -2.26. The topological polar surface area (TPSA) is 46.5 Å². The van der Waals surface area contributed by atoms with Gasteiger partial charge in [0.15, 0.2) is 0 Å². The summed E-state index contributed by atoms with van der Waals surface area (Å²) in [5.41, 5.74) is 5.59. The highest BCUT2D eigenvalue weighted by Crippen LogP contribution is 2.35. The molecule has 0 aliphatic carbocycles. The van der Waals surface area contributed by atoms with E-state index in [9.17, 15) is 9.18 Å². The molecule has 1 amide bonds. The molecule has 4 aromatic rings. The zero-order chi connectivity index (χ0) is 26.3. The van der Waals surface area contributed by atoms with E-state index in [0.717, 1.165) is 66.9 Å². The summed E-state index contributed by atoms with van der Waals surface area (Å²) in [5.74, 6) is -0.246. The minimum atomic E-state index is -0.234. The van der Waals surface area contributed by atoms with Crippen molar-refractivity contribution in [3.05, 3.63) is 107 Å². The average Bonchev–Trinajstić information content (AvgIpc) is 3.29. The number of rotatable bonds is 10. The molecule has 0 spiro atoms. The van der Waals surface area contributed by atoms with Crippen LogP contribution in [0.25, 0.3) is 10.9 Å². The van der Waals surface area contributed by atoms with Crippen molar-refractivity contribution in [1.82, 2.24) is 14.8 Å². The van der Waals surface area contributed by atoms with Gasteiger partial charge in [-0.3, -0.25) is 9.69 Å². The largest absolute Gasteiger partial charge is 0.379 e. The molecule has 38 heavy (non-hydrogen) atoms. The zero-order valence-corrected chi connectivity index (χ0v) is 22.0. The Morgan fingerprint density at radius 3 is 2.61 bits per heavy atom. The normalized spacial score (nSPS) is 15.0. The number of aromatic nitrogens is 1. The second-order valence-corrected chi connectivity index (χ2v) is 10.2. The highest BCUT2D eigenvalue weighted by Gasteiger charge is 2.23. The van der Waals surface area contributed by atoms with E-state index in [4.69, 9.17) is 4.74 Å². The molecule has 1 aliphatic rings. The summed E-state index contributed by atoms with van der Waals surface area (Å²) in [5, 5.41) is 4.31. The Morgan fingerprint density at radius 2 is 1.82 bits per heavy atom. The number of carbonyl (C=O) groups excluding carboxylic acids is 1. The number of hydrogen-bond donors (Lipinski definition) is 1. The van der Waals surface area contributed by atoms with E-state index in [1.807, 2.05) is 24.3 Å². The molecule has 1 atom stereocenters. The molecule has 198 valence electrons. The number of benzene rings is 3. The van der Waals surface area contributed by atoms with Crippen molar-refractivity contribution in [3.8, 4) is 0 Å².